The zero-order chi connectivity index (χ0) is 26.3. The summed E-state index contributed by atoms with van der Waals surface area (Å²) in [4.78, 5) is 27.6. The van der Waals surface area contributed by atoms with E-state index < -0.39 is 16.1 Å². The monoisotopic (exact) mass is 565 g/mol. The molecule has 2 aromatic rings. The van der Waals surface area contributed by atoms with E-state index in [4.69, 9.17) is 0 Å². The van der Waals surface area contributed by atoms with Crippen LogP contribution in [0.5, 0.6) is 0 Å². The number of hydrogen-bond donors (Lipinski definition) is 1. The van der Waals surface area contributed by atoms with Gasteiger partial charge >= 0.3 is 0 Å². The van der Waals surface area contributed by atoms with Crippen molar-refractivity contribution in [2.75, 3.05) is 17.1 Å². The standard InChI is InChI=1S/C26H36BrN3O4S/c1-18(2)28-26(32)21(5)29(17-22-12-14-23(27)15-13-22)25(31)11-8-16-30(35(6,33)34)24-10-7-9-19(3)20(24)4/h7,9-10,12-15,18,21H,8,11,16-17H2,1-6H3,(H,28,32). The second-order valence-electron chi connectivity index (χ2n) is 9.15. The fourth-order valence-electron chi connectivity index (χ4n) is 3.76. The second-order valence-corrected chi connectivity index (χ2v) is 12.0. The number of sulfonamides is 1. The molecule has 35 heavy (non-hydrogen) atoms. The molecule has 2 amide bonds. The molecule has 9 heteroatoms. The number of rotatable bonds is 11. The van der Waals surface area contributed by atoms with Crippen molar-refractivity contribution < 1.29 is 18.0 Å². The first kappa shape index (κ1) is 28.8. The van der Waals surface area contributed by atoms with E-state index in [-0.39, 0.29) is 37.4 Å². The van der Waals surface area contributed by atoms with Crippen molar-refractivity contribution >= 4 is 43.5 Å². The molecule has 2 rings (SSSR count). The Balaban J connectivity index is 2.20. The molecular formula is C26H36BrN3O4S. The van der Waals surface area contributed by atoms with Crippen LogP contribution in [-0.2, 0) is 26.2 Å². The highest BCUT2D eigenvalue weighted by molar-refractivity contribution is 9.10. The van der Waals surface area contributed by atoms with Crippen molar-refractivity contribution in [3.8, 4) is 0 Å². The third-order valence-electron chi connectivity index (χ3n) is 5.86. The molecule has 2 aromatic carbocycles. The molecule has 192 valence electrons. The average Bonchev–Trinajstić information content (AvgIpc) is 2.76. The van der Waals surface area contributed by atoms with Gasteiger partial charge < -0.3 is 10.2 Å². The summed E-state index contributed by atoms with van der Waals surface area (Å²) in [5, 5.41) is 2.87. The zero-order valence-electron chi connectivity index (χ0n) is 21.3. The molecule has 0 bridgehead atoms. The van der Waals surface area contributed by atoms with E-state index in [0.29, 0.717) is 12.1 Å². The number of hydrogen-bond acceptors (Lipinski definition) is 4. The quantitative estimate of drug-likeness (QED) is 0.433. The van der Waals surface area contributed by atoms with E-state index in [9.17, 15) is 18.0 Å². The lowest BCUT2D eigenvalue weighted by molar-refractivity contribution is -0.140. The summed E-state index contributed by atoms with van der Waals surface area (Å²) in [5.41, 5.74) is 3.41. The molecule has 0 aromatic heterocycles. The minimum absolute atomic E-state index is 0.0459. The molecule has 0 spiro atoms. The number of anilines is 1. The Morgan fingerprint density at radius 3 is 2.23 bits per heavy atom. The molecule has 0 heterocycles. The minimum atomic E-state index is -3.53. The number of carbonyl (C=O) groups excluding carboxylic acids is 2. The van der Waals surface area contributed by atoms with Gasteiger partial charge in [-0.15, -0.1) is 0 Å². The summed E-state index contributed by atoms with van der Waals surface area (Å²) >= 11 is 3.41. The van der Waals surface area contributed by atoms with E-state index in [1.807, 2.05) is 64.1 Å². The summed E-state index contributed by atoms with van der Waals surface area (Å²) in [6, 6.07) is 12.4. The summed E-state index contributed by atoms with van der Waals surface area (Å²) in [7, 11) is -3.53. The number of amides is 2. The Labute approximate surface area is 218 Å². The largest absolute Gasteiger partial charge is 0.352 e. The maximum atomic E-state index is 13.3. The van der Waals surface area contributed by atoms with Gasteiger partial charge in [-0.3, -0.25) is 13.9 Å². The number of nitrogens with one attached hydrogen (secondary N) is 1. The van der Waals surface area contributed by atoms with Crippen LogP contribution in [0.3, 0.4) is 0 Å². The van der Waals surface area contributed by atoms with E-state index in [0.717, 1.165) is 21.2 Å². The maximum Gasteiger partial charge on any atom is 0.242 e. The Kier molecular flexibility index (Phi) is 10.3. The van der Waals surface area contributed by atoms with Crippen molar-refractivity contribution in [1.82, 2.24) is 10.2 Å². The Bertz CT molecular complexity index is 1130. The van der Waals surface area contributed by atoms with Crippen LogP contribution in [0.4, 0.5) is 5.69 Å². The number of benzene rings is 2. The van der Waals surface area contributed by atoms with Crippen molar-refractivity contribution in [1.29, 1.82) is 0 Å². The average molecular weight is 567 g/mol. The van der Waals surface area contributed by atoms with Crippen LogP contribution in [0.25, 0.3) is 0 Å². The topological polar surface area (TPSA) is 86.8 Å². The van der Waals surface area contributed by atoms with Gasteiger partial charge in [-0.25, -0.2) is 8.42 Å². The van der Waals surface area contributed by atoms with Crippen LogP contribution in [0.2, 0.25) is 0 Å². The van der Waals surface area contributed by atoms with Crippen LogP contribution in [0, 0.1) is 13.8 Å². The molecular weight excluding hydrogens is 530 g/mol. The molecule has 0 saturated carbocycles. The Morgan fingerprint density at radius 2 is 1.66 bits per heavy atom. The van der Waals surface area contributed by atoms with Gasteiger partial charge in [0.1, 0.15) is 6.04 Å². The lowest BCUT2D eigenvalue weighted by Crippen LogP contribution is -2.49. The van der Waals surface area contributed by atoms with Gasteiger partial charge in [0.05, 0.1) is 11.9 Å². The first-order chi connectivity index (χ1) is 16.3. The highest BCUT2D eigenvalue weighted by Crippen LogP contribution is 2.25. The minimum Gasteiger partial charge on any atom is -0.352 e. The molecule has 0 aliphatic rings. The first-order valence-electron chi connectivity index (χ1n) is 11.7. The van der Waals surface area contributed by atoms with Crippen LogP contribution < -0.4 is 9.62 Å². The zero-order valence-corrected chi connectivity index (χ0v) is 23.7. The summed E-state index contributed by atoms with van der Waals surface area (Å²) in [6.45, 7) is 9.75. The Hall–Kier alpha value is -2.39. The fourth-order valence-corrected chi connectivity index (χ4v) is 5.04. The molecule has 1 atom stereocenters. The highest BCUT2D eigenvalue weighted by atomic mass is 79.9. The van der Waals surface area contributed by atoms with Gasteiger partial charge in [0, 0.05) is 30.0 Å². The molecule has 1 unspecified atom stereocenters. The normalized spacial score (nSPS) is 12.3. The number of aryl methyl sites for hydroxylation is 1. The predicted octanol–water partition coefficient (Wildman–Crippen LogP) is 4.55. The van der Waals surface area contributed by atoms with Crippen LogP contribution in [0.15, 0.2) is 46.9 Å². The van der Waals surface area contributed by atoms with Gasteiger partial charge in [0.15, 0.2) is 0 Å². The van der Waals surface area contributed by atoms with Crippen molar-refractivity contribution in [2.45, 2.75) is 66.1 Å². The predicted molar refractivity (Wildman–Crippen MR) is 145 cm³/mol. The SMILES string of the molecule is Cc1cccc(N(CCCC(=O)N(Cc2ccc(Br)cc2)C(C)C(=O)NC(C)C)S(C)(=O)=O)c1C. The molecule has 1 N–H and O–H groups in total. The van der Waals surface area contributed by atoms with Gasteiger partial charge in [0.25, 0.3) is 0 Å². The summed E-state index contributed by atoms with van der Waals surface area (Å²) < 4.78 is 27.4. The number of carbonyl (C=O) groups is 2. The molecule has 0 saturated heterocycles. The lowest BCUT2D eigenvalue weighted by Gasteiger charge is -2.30. The Morgan fingerprint density at radius 1 is 1.03 bits per heavy atom. The van der Waals surface area contributed by atoms with E-state index >= 15 is 0 Å². The second kappa shape index (κ2) is 12.5. The van der Waals surface area contributed by atoms with E-state index in [2.05, 4.69) is 21.2 Å². The maximum absolute atomic E-state index is 13.3. The molecule has 0 radical (unpaired) electrons. The van der Waals surface area contributed by atoms with E-state index in [1.165, 1.54) is 10.6 Å². The number of nitrogens with zero attached hydrogens (tertiary/aromatic N) is 2. The molecule has 0 aliphatic carbocycles. The third-order valence-corrected chi connectivity index (χ3v) is 7.57. The van der Waals surface area contributed by atoms with Crippen molar-refractivity contribution in [3.63, 3.8) is 0 Å². The number of halogens is 1. The summed E-state index contributed by atoms with van der Waals surface area (Å²) in [6.07, 6.45) is 1.62. The van der Waals surface area contributed by atoms with Gasteiger partial charge in [-0.2, -0.15) is 0 Å². The van der Waals surface area contributed by atoms with Crippen molar-refractivity contribution in [3.05, 3.63) is 63.6 Å². The van der Waals surface area contributed by atoms with Crippen LogP contribution >= 0.6 is 15.9 Å². The van der Waals surface area contributed by atoms with Crippen LogP contribution in [-0.4, -0.2) is 50.0 Å². The first-order valence-corrected chi connectivity index (χ1v) is 14.3. The van der Waals surface area contributed by atoms with E-state index in [1.54, 1.807) is 17.9 Å². The molecule has 7 nitrogen and oxygen atoms in total. The summed E-state index contributed by atoms with van der Waals surface area (Å²) in [5.74, 6) is -0.424. The van der Waals surface area contributed by atoms with Gasteiger partial charge in [0.2, 0.25) is 21.8 Å². The smallest absolute Gasteiger partial charge is 0.242 e. The highest BCUT2D eigenvalue weighted by Gasteiger charge is 2.27. The lowest BCUT2D eigenvalue weighted by atomic mass is 10.1. The molecule has 0 fully saturated rings. The van der Waals surface area contributed by atoms with Crippen molar-refractivity contribution in [2.24, 2.45) is 0 Å². The fraction of sp³-hybridized carbons (Fsp3) is 0.462. The van der Waals surface area contributed by atoms with Gasteiger partial charge in [-0.05, 0) is 75.9 Å². The van der Waals surface area contributed by atoms with Crippen LogP contribution in [0.1, 0.15) is 50.3 Å². The third kappa shape index (κ3) is 8.35. The van der Waals surface area contributed by atoms with Gasteiger partial charge in [-0.1, -0.05) is 40.2 Å². The molecule has 0 aliphatic heterocycles.